The van der Waals surface area contributed by atoms with E-state index in [2.05, 4.69) is 44.2 Å². The first kappa shape index (κ1) is 20.4. The molecule has 0 atom stereocenters. The maximum absolute atomic E-state index is 14.9. The summed E-state index contributed by atoms with van der Waals surface area (Å²) >= 11 is 1.77. The lowest BCUT2D eigenvalue weighted by atomic mass is 10.00. The number of hydrogen-bond acceptors (Lipinski definition) is 3. The molecule has 3 heterocycles. The van der Waals surface area contributed by atoms with E-state index in [1.165, 1.54) is 21.0 Å². The van der Waals surface area contributed by atoms with Gasteiger partial charge in [-0.05, 0) is 79.3 Å². The summed E-state index contributed by atoms with van der Waals surface area (Å²) in [6.45, 7) is 8.42. The van der Waals surface area contributed by atoms with Crippen molar-refractivity contribution in [2.45, 2.75) is 34.1 Å². The monoisotopic (exact) mass is 453 g/mol. The second-order valence-electron chi connectivity index (χ2n) is 9.48. The van der Waals surface area contributed by atoms with Crippen LogP contribution in [0.4, 0.5) is 4.39 Å². The number of furan rings is 1. The minimum absolute atomic E-state index is 0.244. The van der Waals surface area contributed by atoms with Gasteiger partial charge in [0, 0.05) is 32.6 Å². The Bertz CT molecular complexity index is 1710. The average Bonchev–Trinajstić information content (AvgIpc) is 3.30. The molecule has 0 amide bonds. The minimum atomic E-state index is -0.244. The molecule has 0 radical (unpaired) electrons. The highest BCUT2D eigenvalue weighted by molar-refractivity contribution is 7.26. The second-order valence-corrected chi connectivity index (χ2v) is 10.5. The molecule has 3 aromatic heterocycles. The van der Waals surface area contributed by atoms with E-state index in [0.29, 0.717) is 22.5 Å². The Morgan fingerprint density at radius 3 is 2.58 bits per heavy atom. The number of thiophene rings is 1. The first-order chi connectivity index (χ1) is 15.9. The maximum Gasteiger partial charge on any atom is 0.144 e. The highest BCUT2D eigenvalue weighted by Crippen LogP contribution is 2.43. The van der Waals surface area contributed by atoms with Crippen LogP contribution in [-0.2, 0) is 6.42 Å². The highest BCUT2D eigenvalue weighted by Gasteiger charge is 2.20. The van der Waals surface area contributed by atoms with Crippen LogP contribution in [0.25, 0.3) is 53.4 Å². The van der Waals surface area contributed by atoms with Gasteiger partial charge in [-0.1, -0.05) is 26.0 Å². The Balaban J connectivity index is 1.66. The molecule has 0 aliphatic rings. The van der Waals surface area contributed by atoms with E-state index >= 15 is 0 Å². The van der Waals surface area contributed by atoms with Crippen molar-refractivity contribution < 1.29 is 8.81 Å². The molecule has 2 nitrogen and oxygen atoms in total. The molecule has 0 fully saturated rings. The lowest BCUT2D eigenvalue weighted by Crippen LogP contribution is -1.92. The molecule has 4 heteroatoms. The number of fused-ring (bicyclic) bond motifs is 6. The van der Waals surface area contributed by atoms with Gasteiger partial charge in [0.05, 0.1) is 15.8 Å². The van der Waals surface area contributed by atoms with Gasteiger partial charge in [0.15, 0.2) is 0 Å². The molecule has 0 bridgehead atoms. The summed E-state index contributed by atoms with van der Waals surface area (Å²) in [4.78, 5) is 4.80. The Hall–Kier alpha value is -3.24. The largest absolute Gasteiger partial charge is 0.455 e. The number of nitrogens with zero attached hydrogens (tertiary/aromatic N) is 1. The van der Waals surface area contributed by atoms with Gasteiger partial charge in [0.2, 0.25) is 0 Å². The van der Waals surface area contributed by atoms with Crippen molar-refractivity contribution in [1.29, 1.82) is 0 Å². The molecule has 164 valence electrons. The fraction of sp³-hybridized carbons (Fsp3) is 0.207. The van der Waals surface area contributed by atoms with Crippen molar-refractivity contribution in [2.24, 2.45) is 5.92 Å². The Morgan fingerprint density at radius 2 is 1.76 bits per heavy atom. The molecule has 0 unspecified atom stereocenters. The summed E-state index contributed by atoms with van der Waals surface area (Å²) in [6, 6.07) is 16.5. The first-order valence-electron chi connectivity index (χ1n) is 11.3. The van der Waals surface area contributed by atoms with E-state index in [0.717, 1.165) is 38.9 Å². The smallest absolute Gasteiger partial charge is 0.144 e. The fourth-order valence-corrected chi connectivity index (χ4v) is 6.21. The molecule has 0 aliphatic carbocycles. The van der Waals surface area contributed by atoms with Crippen molar-refractivity contribution >= 4 is 53.4 Å². The summed E-state index contributed by atoms with van der Waals surface area (Å²) in [7, 11) is 0. The predicted molar refractivity (Wildman–Crippen MR) is 138 cm³/mol. The zero-order chi connectivity index (χ0) is 22.9. The van der Waals surface area contributed by atoms with Gasteiger partial charge in [-0.15, -0.1) is 11.3 Å². The topological polar surface area (TPSA) is 26.0 Å². The zero-order valence-electron chi connectivity index (χ0n) is 19.1. The van der Waals surface area contributed by atoms with Gasteiger partial charge in [0.25, 0.3) is 0 Å². The quantitative estimate of drug-likeness (QED) is 0.267. The van der Waals surface area contributed by atoms with Crippen LogP contribution < -0.4 is 0 Å². The molecule has 6 aromatic rings. The second kappa shape index (κ2) is 7.39. The summed E-state index contributed by atoms with van der Waals surface area (Å²) < 4.78 is 23.6. The van der Waals surface area contributed by atoms with Crippen molar-refractivity contribution in [2.75, 3.05) is 0 Å². The lowest BCUT2D eigenvalue weighted by molar-refractivity contribution is 0.632. The normalized spacial score (nSPS) is 12.2. The number of pyridine rings is 1. The molecule has 6 rings (SSSR count). The first-order valence-corrected chi connectivity index (χ1v) is 12.1. The van der Waals surface area contributed by atoms with Crippen molar-refractivity contribution in [3.63, 3.8) is 0 Å². The van der Waals surface area contributed by atoms with E-state index in [9.17, 15) is 4.39 Å². The van der Waals surface area contributed by atoms with Crippen LogP contribution in [0.3, 0.4) is 0 Å². The van der Waals surface area contributed by atoms with Crippen LogP contribution in [0, 0.1) is 25.6 Å². The SMILES string of the molecule is Cc1cc(F)c2c(c1)oc1c(-c3nccc4c3sc3cc(CC(C)C)ccc34)cc(C)cc12. The van der Waals surface area contributed by atoms with E-state index in [1.807, 2.05) is 32.2 Å². The molecular weight excluding hydrogens is 429 g/mol. The number of rotatable bonds is 3. The van der Waals surface area contributed by atoms with Crippen LogP contribution in [0.5, 0.6) is 0 Å². The van der Waals surface area contributed by atoms with Gasteiger partial charge in [-0.2, -0.15) is 0 Å². The molecule has 0 aliphatic heterocycles. The van der Waals surface area contributed by atoms with E-state index < -0.39 is 0 Å². The zero-order valence-corrected chi connectivity index (χ0v) is 19.9. The van der Waals surface area contributed by atoms with Crippen LogP contribution in [0.1, 0.15) is 30.5 Å². The van der Waals surface area contributed by atoms with Crippen molar-refractivity contribution in [1.82, 2.24) is 4.98 Å². The van der Waals surface area contributed by atoms with Gasteiger partial charge in [-0.25, -0.2) is 4.39 Å². The average molecular weight is 454 g/mol. The minimum Gasteiger partial charge on any atom is -0.455 e. The van der Waals surface area contributed by atoms with Crippen LogP contribution in [0.2, 0.25) is 0 Å². The van der Waals surface area contributed by atoms with Crippen LogP contribution >= 0.6 is 11.3 Å². The predicted octanol–water partition coefficient (Wildman–Crippen LogP) is 8.97. The number of aryl methyl sites for hydroxylation is 2. The number of aromatic nitrogens is 1. The number of hydrogen-bond donors (Lipinski definition) is 0. The number of halogens is 1. The molecular formula is C29H24FNOS. The van der Waals surface area contributed by atoms with Crippen molar-refractivity contribution in [3.05, 3.63) is 77.2 Å². The molecule has 0 N–H and O–H groups in total. The third kappa shape index (κ3) is 3.24. The standard InChI is InChI=1S/C29H24FNOS/c1-15(2)9-18-5-6-19-20-7-8-31-27(29(20)33-25(19)14-18)22-11-16(3)10-21-26-23(30)12-17(4)13-24(26)32-28(21)22/h5-8,10-15H,9H2,1-4H3. The molecule has 0 spiro atoms. The summed E-state index contributed by atoms with van der Waals surface area (Å²) in [5.74, 6) is 0.373. The fourth-order valence-electron chi connectivity index (χ4n) is 4.94. The molecule has 0 saturated heterocycles. The molecule has 0 saturated carbocycles. The van der Waals surface area contributed by atoms with Gasteiger partial charge in [-0.3, -0.25) is 4.98 Å². The summed E-state index contributed by atoms with van der Waals surface area (Å²) in [5.41, 5.74) is 6.34. The van der Waals surface area contributed by atoms with Crippen molar-refractivity contribution in [3.8, 4) is 11.3 Å². The lowest BCUT2D eigenvalue weighted by Gasteiger charge is -2.05. The van der Waals surface area contributed by atoms with Gasteiger partial charge < -0.3 is 4.42 Å². The van der Waals surface area contributed by atoms with E-state index in [1.54, 1.807) is 17.4 Å². The summed E-state index contributed by atoms with van der Waals surface area (Å²) in [6.07, 6.45) is 2.94. The third-order valence-electron chi connectivity index (χ3n) is 6.26. The maximum atomic E-state index is 14.9. The van der Waals surface area contributed by atoms with Crippen LogP contribution in [0.15, 0.2) is 59.1 Å². The molecule has 3 aromatic carbocycles. The number of benzene rings is 3. The summed E-state index contributed by atoms with van der Waals surface area (Å²) in [5, 5.41) is 3.80. The highest BCUT2D eigenvalue weighted by atomic mass is 32.1. The van der Waals surface area contributed by atoms with Crippen LogP contribution in [-0.4, -0.2) is 4.98 Å². The third-order valence-corrected chi connectivity index (χ3v) is 7.44. The Morgan fingerprint density at radius 1 is 0.939 bits per heavy atom. The Kier molecular flexibility index (Phi) is 4.56. The Labute approximate surface area is 195 Å². The van der Waals surface area contributed by atoms with E-state index in [-0.39, 0.29) is 5.82 Å². The molecule has 33 heavy (non-hydrogen) atoms. The van der Waals surface area contributed by atoms with Gasteiger partial charge >= 0.3 is 0 Å². The van der Waals surface area contributed by atoms with E-state index in [4.69, 9.17) is 9.40 Å². The van der Waals surface area contributed by atoms with Gasteiger partial charge in [0.1, 0.15) is 17.0 Å².